The van der Waals surface area contributed by atoms with E-state index in [1.165, 1.54) is 5.56 Å². The van der Waals surface area contributed by atoms with Crippen LogP contribution >= 0.6 is 24.0 Å². The van der Waals surface area contributed by atoms with Crippen LogP contribution in [-0.4, -0.2) is 42.9 Å². The molecule has 1 heterocycles. The van der Waals surface area contributed by atoms with E-state index < -0.39 is 5.60 Å². The first-order valence-electron chi connectivity index (χ1n) is 10.4. The number of hydrogen-bond acceptors (Lipinski definition) is 3. The minimum Gasteiger partial charge on any atom is -0.384 e. The molecular formula is C24H33Cl2NO2. The van der Waals surface area contributed by atoms with Gasteiger partial charge in [0.1, 0.15) is 0 Å². The second-order valence-electron chi connectivity index (χ2n) is 7.74. The lowest BCUT2D eigenvalue weighted by molar-refractivity contribution is -0.0285. The van der Waals surface area contributed by atoms with Crippen molar-refractivity contribution in [1.29, 1.82) is 0 Å². The van der Waals surface area contributed by atoms with E-state index >= 15 is 0 Å². The first kappa shape index (κ1) is 24.2. The highest BCUT2D eigenvalue weighted by atomic mass is 35.5. The second-order valence-corrected chi connectivity index (χ2v) is 8.18. The summed E-state index contributed by atoms with van der Waals surface area (Å²) in [5, 5.41) is 12.8. The Balaban J connectivity index is 0.00000300. The lowest BCUT2D eigenvalue weighted by Crippen LogP contribution is -2.45. The highest BCUT2D eigenvalue weighted by Gasteiger charge is 2.39. The number of nitrogens with zero attached hydrogens (tertiary/aromatic N) is 1. The number of benzene rings is 2. The van der Waals surface area contributed by atoms with Gasteiger partial charge in [-0.3, -0.25) is 4.90 Å². The molecule has 29 heavy (non-hydrogen) atoms. The molecule has 2 unspecified atom stereocenters. The molecule has 1 aliphatic heterocycles. The fourth-order valence-corrected chi connectivity index (χ4v) is 4.33. The Morgan fingerprint density at radius 3 is 2.21 bits per heavy atom. The molecule has 0 radical (unpaired) electrons. The van der Waals surface area contributed by atoms with Crippen LogP contribution in [0.4, 0.5) is 0 Å². The van der Waals surface area contributed by atoms with Gasteiger partial charge < -0.3 is 9.84 Å². The van der Waals surface area contributed by atoms with Gasteiger partial charge in [0.05, 0.1) is 18.8 Å². The third-order valence-electron chi connectivity index (χ3n) is 5.89. The number of hydrogen-bond donors (Lipinski definition) is 1. The zero-order valence-corrected chi connectivity index (χ0v) is 19.0. The molecule has 160 valence electrons. The van der Waals surface area contributed by atoms with E-state index in [0.717, 1.165) is 68.3 Å². The first-order valence-corrected chi connectivity index (χ1v) is 10.8. The lowest BCUT2D eigenvalue weighted by Gasteiger charge is -2.41. The molecule has 3 rings (SSSR count). The van der Waals surface area contributed by atoms with Gasteiger partial charge >= 0.3 is 0 Å². The van der Waals surface area contributed by atoms with Crippen LogP contribution in [0.5, 0.6) is 0 Å². The number of morpholine rings is 1. The molecule has 2 aromatic rings. The molecule has 1 aliphatic rings. The molecule has 0 aromatic heterocycles. The van der Waals surface area contributed by atoms with Crippen LogP contribution in [0.15, 0.2) is 48.5 Å². The molecule has 0 spiro atoms. The predicted octanol–water partition coefficient (Wildman–Crippen LogP) is 5.43. The average Bonchev–Trinajstić information content (AvgIpc) is 2.74. The third kappa shape index (κ3) is 5.96. The van der Waals surface area contributed by atoms with E-state index in [9.17, 15) is 5.11 Å². The van der Waals surface area contributed by atoms with E-state index in [4.69, 9.17) is 16.3 Å². The number of ether oxygens (including phenoxy) is 1. The Kier molecular flexibility index (Phi) is 9.45. The fraction of sp³-hybridized carbons (Fsp3) is 0.500. The molecule has 3 nitrogen and oxygen atoms in total. The SMILES string of the molecule is CCCC(O)(c1ccc(CC)cc1)C(CN1CCOCC1)c1ccc(Cl)cc1.Cl. The molecule has 0 bridgehead atoms. The lowest BCUT2D eigenvalue weighted by atomic mass is 9.74. The van der Waals surface area contributed by atoms with Crippen LogP contribution in [0.3, 0.4) is 0 Å². The van der Waals surface area contributed by atoms with Gasteiger partial charge in [0.25, 0.3) is 0 Å². The summed E-state index contributed by atoms with van der Waals surface area (Å²) >= 11 is 6.14. The van der Waals surface area contributed by atoms with Crippen LogP contribution in [0, 0.1) is 0 Å². The summed E-state index contributed by atoms with van der Waals surface area (Å²) in [6.45, 7) is 8.41. The smallest absolute Gasteiger partial charge is 0.0976 e. The highest BCUT2D eigenvalue weighted by molar-refractivity contribution is 6.30. The van der Waals surface area contributed by atoms with Crippen LogP contribution < -0.4 is 0 Å². The summed E-state index contributed by atoms with van der Waals surface area (Å²) in [5.74, 6) is -0.0321. The maximum atomic E-state index is 12.1. The number of halogens is 2. The van der Waals surface area contributed by atoms with E-state index in [1.54, 1.807) is 0 Å². The molecular weight excluding hydrogens is 405 g/mol. The van der Waals surface area contributed by atoms with Gasteiger partial charge in [-0.1, -0.05) is 68.3 Å². The van der Waals surface area contributed by atoms with Gasteiger partial charge in [0, 0.05) is 30.6 Å². The van der Waals surface area contributed by atoms with Crippen molar-refractivity contribution in [3.05, 3.63) is 70.2 Å². The highest BCUT2D eigenvalue weighted by Crippen LogP contribution is 2.42. The summed E-state index contributed by atoms with van der Waals surface area (Å²) in [7, 11) is 0. The third-order valence-corrected chi connectivity index (χ3v) is 6.14. The predicted molar refractivity (Wildman–Crippen MR) is 123 cm³/mol. The maximum Gasteiger partial charge on any atom is 0.0976 e. The van der Waals surface area contributed by atoms with Crippen LogP contribution in [0.25, 0.3) is 0 Å². The van der Waals surface area contributed by atoms with Crippen molar-refractivity contribution in [2.45, 2.75) is 44.6 Å². The van der Waals surface area contributed by atoms with Crippen molar-refractivity contribution < 1.29 is 9.84 Å². The van der Waals surface area contributed by atoms with Crippen molar-refractivity contribution in [3.63, 3.8) is 0 Å². The summed E-state index contributed by atoms with van der Waals surface area (Å²) < 4.78 is 5.52. The van der Waals surface area contributed by atoms with E-state index in [0.29, 0.717) is 0 Å². The molecule has 1 fully saturated rings. The number of aryl methyl sites for hydroxylation is 1. The van der Waals surface area contributed by atoms with Crippen LogP contribution in [0.1, 0.15) is 49.3 Å². The standard InChI is InChI=1S/C24H32ClNO2.ClH/c1-3-13-24(27,21-9-5-19(4-2)6-10-21)23(18-26-14-16-28-17-15-26)20-7-11-22(25)12-8-20;/h5-12,23,27H,3-4,13-18H2,1-2H3;1H. The summed E-state index contributed by atoms with van der Waals surface area (Å²) in [4.78, 5) is 2.41. The monoisotopic (exact) mass is 437 g/mol. The van der Waals surface area contributed by atoms with Crippen molar-refractivity contribution >= 4 is 24.0 Å². The summed E-state index contributed by atoms with van der Waals surface area (Å²) in [6.07, 6.45) is 2.64. The zero-order valence-electron chi connectivity index (χ0n) is 17.4. The van der Waals surface area contributed by atoms with Gasteiger partial charge in [-0.25, -0.2) is 0 Å². The molecule has 5 heteroatoms. The molecule has 0 amide bonds. The van der Waals surface area contributed by atoms with E-state index in [1.807, 2.05) is 12.1 Å². The molecule has 2 atom stereocenters. The van der Waals surface area contributed by atoms with Crippen molar-refractivity contribution in [1.82, 2.24) is 4.90 Å². The largest absolute Gasteiger partial charge is 0.384 e. The Hall–Kier alpha value is -1.10. The maximum absolute atomic E-state index is 12.1. The van der Waals surface area contributed by atoms with Gasteiger partial charge in [0.15, 0.2) is 0 Å². The average molecular weight is 438 g/mol. The van der Waals surface area contributed by atoms with Crippen molar-refractivity contribution in [2.75, 3.05) is 32.8 Å². The zero-order chi connectivity index (χ0) is 20.0. The first-order chi connectivity index (χ1) is 13.6. The quantitative estimate of drug-likeness (QED) is 0.597. The Labute approximate surface area is 186 Å². The molecule has 0 saturated carbocycles. The fourth-order valence-electron chi connectivity index (χ4n) is 4.20. The normalized spacial score (nSPS) is 17.9. The van der Waals surface area contributed by atoms with Crippen molar-refractivity contribution in [3.8, 4) is 0 Å². The van der Waals surface area contributed by atoms with E-state index in [2.05, 4.69) is 55.1 Å². The Morgan fingerprint density at radius 1 is 1.03 bits per heavy atom. The van der Waals surface area contributed by atoms with Gasteiger partial charge in [0.2, 0.25) is 0 Å². The molecule has 1 N–H and O–H groups in total. The molecule has 1 saturated heterocycles. The second kappa shape index (κ2) is 11.3. The Bertz CT molecular complexity index is 730. The van der Waals surface area contributed by atoms with Gasteiger partial charge in [-0.2, -0.15) is 0 Å². The topological polar surface area (TPSA) is 32.7 Å². The minimum absolute atomic E-state index is 0. The van der Waals surface area contributed by atoms with Gasteiger partial charge in [-0.05, 0) is 41.7 Å². The van der Waals surface area contributed by atoms with Crippen LogP contribution in [-0.2, 0) is 16.8 Å². The van der Waals surface area contributed by atoms with Crippen molar-refractivity contribution in [2.24, 2.45) is 0 Å². The van der Waals surface area contributed by atoms with Crippen LogP contribution in [0.2, 0.25) is 5.02 Å². The van der Waals surface area contributed by atoms with Gasteiger partial charge in [-0.15, -0.1) is 12.4 Å². The van der Waals surface area contributed by atoms with E-state index in [-0.39, 0.29) is 18.3 Å². The number of aliphatic hydroxyl groups is 1. The molecule has 0 aliphatic carbocycles. The number of rotatable bonds is 8. The Morgan fingerprint density at radius 2 is 1.66 bits per heavy atom. The molecule has 2 aromatic carbocycles. The summed E-state index contributed by atoms with van der Waals surface area (Å²) in [5.41, 5.74) is 2.50. The minimum atomic E-state index is -0.923. The summed E-state index contributed by atoms with van der Waals surface area (Å²) in [6, 6.07) is 16.5.